The summed E-state index contributed by atoms with van der Waals surface area (Å²) in [6.07, 6.45) is 3.72. The van der Waals surface area contributed by atoms with Crippen molar-refractivity contribution in [2.45, 2.75) is 52.6 Å². The number of aromatic nitrogens is 2. The van der Waals surface area contributed by atoms with Crippen LogP contribution < -0.4 is 15.5 Å². The molecular formula is C20H27N5S. The number of hydrogen-bond donors (Lipinski definition) is 2. The summed E-state index contributed by atoms with van der Waals surface area (Å²) >= 11 is 5.41. The van der Waals surface area contributed by atoms with E-state index in [1.807, 2.05) is 6.92 Å². The van der Waals surface area contributed by atoms with Crippen molar-refractivity contribution < 1.29 is 0 Å². The molecule has 1 atom stereocenters. The SMILES string of the molecule is Cc1ccc(CNC(=S)Nc2nc(C)cc(N3CCCC[C@@H]3C)n2)cc1. The molecule has 0 unspecified atom stereocenters. The van der Waals surface area contributed by atoms with Gasteiger partial charge in [-0.25, -0.2) is 4.98 Å². The molecule has 2 N–H and O–H groups in total. The minimum atomic E-state index is 0.512. The van der Waals surface area contributed by atoms with Crippen molar-refractivity contribution in [3.63, 3.8) is 0 Å². The van der Waals surface area contributed by atoms with Crippen LogP contribution in [0.3, 0.4) is 0 Å². The average molecular weight is 370 g/mol. The van der Waals surface area contributed by atoms with Crippen molar-refractivity contribution >= 4 is 29.1 Å². The van der Waals surface area contributed by atoms with E-state index in [1.165, 1.54) is 30.4 Å². The zero-order chi connectivity index (χ0) is 18.5. The molecular weight excluding hydrogens is 342 g/mol. The Morgan fingerprint density at radius 1 is 1.19 bits per heavy atom. The van der Waals surface area contributed by atoms with Gasteiger partial charge in [0.25, 0.3) is 0 Å². The summed E-state index contributed by atoms with van der Waals surface area (Å²) in [4.78, 5) is 11.5. The van der Waals surface area contributed by atoms with Gasteiger partial charge in [-0.2, -0.15) is 4.98 Å². The highest BCUT2D eigenvalue weighted by Crippen LogP contribution is 2.24. The summed E-state index contributed by atoms with van der Waals surface area (Å²) in [6, 6.07) is 11.0. The predicted octanol–water partition coefficient (Wildman–Crippen LogP) is 3.96. The van der Waals surface area contributed by atoms with Crippen LogP contribution in [-0.4, -0.2) is 27.7 Å². The van der Waals surface area contributed by atoms with Crippen LogP contribution in [0.25, 0.3) is 0 Å². The third kappa shape index (κ3) is 4.91. The maximum atomic E-state index is 5.41. The second-order valence-electron chi connectivity index (χ2n) is 7.02. The maximum absolute atomic E-state index is 5.41. The van der Waals surface area contributed by atoms with E-state index in [-0.39, 0.29) is 0 Å². The van der Waals surface area contributed by atoms with E-state index in [9.17, 15) is 0 Å². The summed E-state index contributed by atoms with van der Waals surface area (Å²) < 4.78 is 0. The summed E-state index contributed by atoms with van der Waals surface area (Å²) in [7, 11) is 0. The summed E-state index contributed by atoms with van der Waals surface area (Å²) in [5.74, 6) is 1.53. The molecule has 1 saturated heterocycles. The van der Waals surface area contributed by atoms with Crippen LogP contribution in [-0.2, 0) is 6.54 Å². The minimum absolute atomic E-state index is 0.512. The lowest BCUT2D eigenvalue weighted by Crippen LogP contribution is -2.38. The molecule has 0 aliphatic carbocycles. The minimum Gasteiger partial charge on any atom is -0.358 e. The fourth-order valence-electron chi connectivity index (χ4n) is 3.23. The summed E-state index contributed by atoms with van der Waals surface area (Å²) in [5.41, 5.74) is 3.38. The van der Waals surface area contributed by atoms with Crippen molar-refractivity contribution in [3.8, 4) is 0 Å². The number of rotatable bonds is 4. The van der Waals surface area contributed by atoms with Gasteiger partial charge in [-0.15, -0.1) is 0 Å². The number of piperidine rings is 1. The highest BCUT2D eigenvalue weighted by molar-refractivity contribution is 7.80. The summed E-state index contributed by atoms with van der Waals surface area (Å²) in [5, 5.41) is 6.89. The molecule has 1 aliphatic heterocycles. The van der Waals surface area contributed by atoms with Gasteiger partial charge in [0.05, 0.1) is 0 Å². The van der Waals surface area contributed by atoms with E-state index < -0.39 is 0 Å². The number of hydrogen-bond acceptors (Lipinski definition) is 4. The van der Waals surface area contributed by atoms with Crippen LogP contribution in [0.5, 0.6) is 0 Å². The third-order valence-corrected chi connectivity index (χ3v) is 4.98. The molecule has 1 aliphatic rings. The van der Waals surface area contributed by atoms with E-state index >= 15 is 0 Å². The van der Waals surface area contributed by atoms with Crippen LogP contribution in [0, 0.1) is 13.8 Å². The number of benzene rings is 1. The first-order chi connectivity index (χ1) is 12.5. The molecule has 0 saturated carbocycles. The zero-order valence-corrected chi connectivity index (χ0v) is 16.6. The number of thiocarbonyl (C=S) groups is 1. The Morgan fingerprint density at radius 2 is 1.96 bits per heavy atom. The monoisotopic (exact) mass is 369 g/mol. The van der Waals surface area contributed by atoms with E-state index in [0.29, 0.717) is 23.6 Å². The Kier molecular flexibility index (Phi) is 6.04. The number of nitrogens with one attached hydrogen (secondary N) is 2. The van der Waals surface area contributed by atoms with Crippen LogP contribution in [0.1, 0.15) is 43.0 Å². The fraction of sp³-hybridized carbons (Fsp3) is 0.450. The van der Waals surface area contributed by atoms with Crippen LogP contribution >= 0.6 is 12.2 Å². The smallest absolute Gasteiger partial charge is 0.231 e. The van der Waals surface area contributed by atoms with Gasteiger partial charge in [0.2, 0.25) is 5.95 Å². The maximum Gasteiger partial charge on any atom is 0.231 e. The normalized spacial score (nSPS) is 17.0. The Bertz CT molecular complexity index is 759. The van der Waals surface area contributed by atoms with E-state index in [1.54, 1.807) is 0 Å². The fourth-order valence-corrected chi connectivity index (χ4v) is 3.39. The first-order valence-electron chi connectivity index (χ1n) is 9.24. The number of nitrogens with zero attached hydrogens (tertiary/aromatic N) is 3. The quantitative estimate of drug-likeness (QED) is 0.796. The molecule has 5 nitrogen and oxygen atoms in total. The third-order valence-electron chi connectivity index (χ3n) is 4.74. The van der Waals surface area contributed by atoms with Crippen molar-refractivity contribution in [1.29, 1.82) is 0 Å². The molecule has 1 aromatic heterocycles. The molecule has 0 bridgehead atoms. The van der Waals surface area contributed by atoms with Crippen LogP contribution in [0.15, 0.2) is 30.3 Å². The first kappa shape index (κ1) is 18.6. The first-order valence-corrected chi connectivity index (χ1v) is 9.65. The van der Waals surface area contributed by atoms with Gasteiger partial charge in [-0.3, -0.25) is 0 Å². The molecule has 0 radical (unpaired) electrons. The molecule has 1 fully saturated rings. The van der Waals surface area contributed by atoms with Gasteiger partial charge < -0.3 is 15.5 Å². The van der Waals surface area contributed by atoms with Crippen LogP contribution in [0.2, 0.25) is 0 Å². The van der Waals surface area contributed by atoms with Crippen molar-refractivity contribution in [3.05, 3.63) is 47.2 Å². The molecule has 2 aromatic rings. The van der Waals surface area contributed by atoms with Crippen molar-refractivity contribution in [1.82, 2.24) is 15.3 Å². The second-order valence-corrected chi connectivity index (χ2v) is 7.43. The van der Waals surface area contributed by atoms with Gasteiger partial charge in [-0.1, -0.05) is 29.8 Å². The van der Waals surface area contributed by atoms with Crippen molar-refractivity contribution in [2.24, 2.45) is 0 Å². The lowest BCUT2D eigenvalue weighted by atomic mass is 10.0. The summed E-state index contributed by atoms with van der Waals surface area (Å²) in [6.45, 7) is 8.06. The Morgan fingerprint density at radius 3 is 2.69 bits per heavy atom. The lowest BCUT2D eigenvalue weighted by Gasteiger charge is -2.34. The van der Waals surface area contributed by atoms with Gasteiger partial charge in [-0.05, 0) is 57.8 Å². The molecule has 1 aromatic carbocycles. The van der Waals surface area contributed by atoms with Gasteiger partial charge in [0, 0.05) is 30.9 Å². The molecule has 138 valence electrons. The lowest BCUT2D eigenvalue weighted by molar-refractivity contribution is 0.481. The molecule has 0 spiro atoms. The van der Waals surface area contributed by atoms with Crippen molar-refractivity contribution in [2.75, 3.05) is 16.8 Å². The highest BCUT2D eigenvalue weighted by atomic mass is 32.1. The molecule has 0 amide bonds. The Labute approximate surface area is 161 Å². The zero-order valence-electron chi connectivity index (χ0n) is 15.7. The van der Waals surface area contributed by atoms with E-state index in [4.69, 9.17) is 17.2 Å². The van der Waals surface area contributed by atoms with E-state index in [2.05, 4.69) is 64.7 Å². The number of aryl methyl sites for hydroxylation is 2. The number of anilines is 2. The topological polar surface area (TPSA) is 53.1 Å². The van der Waals surface area contributed by atoms with Gasteiger partial charge >= 0.3 is 0 Å². The molecule has 2 heterocycles. The Balaban J connectivity index is 1.63. The standard InChI is InChI=1S/C20H27N5S/c1-14-7-9-17(10-8-14)13-21-20(26)24-19-22-15(2)12-18(23-19)25-11-5-4-6-16(25)3/h7-10,12,16H,4-6,11,13H2,1-3H3,(H2,21,22,23,24,26)/t16-/m0/s1. The average Bonchev–Trinajstić information content (AvgIpc) is 2.61. The molecule has 6 heteroatoms. The van der Waals surface area contributed by atoms with Crippen LogP contribution in [0.4, 0.5) is 11.8 Å². The Hall–Kier alpha value is -2.21. The molecule has 3 rings (SSSR count). The van der Waals surface area contributed by atoms with Gasteiger partial charge in [0.15, 0.2) is 5.11 Å². The largest absolute Gasteiger partial charge is 0.358 e. The van der Waals surface area contributed by atoms with Gasteiger partial charge in [0.1, 0.15) is 5.82 Å². The predicted molar refractivity (Wildman–Crippen MR) is 112 cm³/mol. The molecule has 26 heavy (non-hydrogen) atoms. The second kappa shape index (κ2) is 8.45. The van der Waals surface area contributed by atoms with E-state index in [0.717, 1.165) is 18.1 Å². The highest BCUT2D eigenvalue weighted by Gasteiger charge is 2.20.